The summed E-state index contributed by atoms with van der Waals surface area (Å²) in [6.07, 6.45) is 0.154. The Balaban J connectivity index is 2.50. The number of anilines is 2. The molecule has 0 heterocycles. The monoisotopic (exact) mass is 331 g/mol. The van der Waals surface area contributed by atoms with E-state index in [1.807, 2.05) is 0 Å². The number of nitrogen functional groups attached to an aromatic ring is 1. The van der Waals surface area contributed by atoms with Gasteiger partial charge < -0.3 is 16.4 Å². The zero-order valence-electron chi connectivity index (χ0n) is 12.2. The van der Waals surface area contributed by atoms with Crippen molar-refractivity contribution in [2.75, 3.05) is 17.6 Å². The van der Waals surface area contributed by atoms with E-state index in [2.05, 4.69) is 10.6 Å². The van der Waals surface area contributed by atoms with Gasteiger partial charge in [-0.25, -0.2) is 0 Å². The van der Waals surface area contributed by atoms with Gasteiger partial charge in [0.05, 0.1) is 15.7 Å². The molecule has 1 aromatic carbocycles. The number of benzene rings is 1. The van der Waals surface area contributed by atoms with Crippen molar-refractivity contribution in [3.05, 3.63) is 22.2 Å². The topological polar surface area (TPSA) is 84.2 Å². The summed E-state index contributed by atoms with van der Waals surface area (Å²) in [5.41, 5.74) is 5.87. The van der Waals surface area contributed by atoms with Gasteiger partial charge in [-0.2, -0.15) is 0 Å². The summed E-state index contributed by atoms with van der Waals surface area (Å²) >= 11 is 11.8. The van der Waals surface area contributed by atoms with Crippen LogP contribution in [0.4, 0.5) is 11.4 Å². The minimum absolute atomic E-state index is 0.103. The summed E-state index contributed by atoms with van der Waals surface area (Å²) in [6, 6.07) is 3.04. The van der Waals surface area contributed by atoms with Crippen LogP contribution in [0.5, 0.6) is 0 Å². The fourth-order valence-corrected chi connectivity index (χ4v) is 1.92. The number of rotatable bonds is 4. The van der Waals surface area contributed by atoms with Crippen molar-refractivity contribution >= 4 is 46.4 Å². The Morgan fingerprint density at radius 1 is 1.19 bits per heavy atom. The number of carbonyl (C=O) groups is 2. The lowest BCUT2D eigenvalue weighted by atomic mass is 9.96. The van der Waals surface area contributed by atoms with Gasteiger partial charge in [-0.1, -0.05) is 44.0 Å². The molecule has 0 fully saturated rings. The maximum Gasteiger partial charge on any atom is 0.226 e. The van der Waals surface area contributed by atoms with Gasteiger partial charge in [0.1, 0.15) is 0 Å². The maximum atomic E-state index is 11.8. The summed E-state index contributed by atoms with van der Waals surface area (Å²) in [7, 11) is 0. The lowest BCUT2D eigenvalue weighted by molar-refractivity contribution is -0.128. The van der Waals surface area contributed by atoms with Crippen molar-refractivity contribution in [3.8, 4) is 0 Å². The summed E-state index contributed by atoms with van der Waals surface area (Å²) in [6.45, 7) is 5.68. The van der Waals surface area contributed by atoms with Crippen LogP contribution >= 0.6 is 23.2 Å². The summed E-state index contributed by atoms with van der Waals surface area (Å²) in [5.74, 6) is -0.352. The Bertz CT molecular complexity index is 531. The highest BCUT2D eigenvalue weighted by Crippen LogP contribution is 2.31. The van der Waals surface area contributed by atoms with E-state index in [0.29, 0.717) is 5.69 Å². The number of halogens is 2. The average molecular weight is 332 g/mol. The first-order chi connectivity index (χ1) is 9.61. The first-order valence-electron chi connectivity index (χ1n) is 6.44. The molecule has 1 aromatic rings. The van der Waals surface area contributed by atoms with Crippen LogP contribution in [0.15, 0.2) is 12.1 Å². The van der Waals surface area contributed by atoms with Crippen molar-refractivity contribution in [3.63, 3.8) is 0 Å². The van der Waals surface area contributed by atoms with Crippen LogP contribution in [0.25, 0.3) is 0 Å². The van der Waals surface area contributed by atoms with Crippen molar-refractivity contribution in [1.29, 1.82) is 0 Å². The molecule has 0 aliphatic rings. The number of carbonyl (C=O) groups excluding carboxylic acids is 2. The molecule has 0 spiro atoms. The van der Waals surface area contributed by atoms with Gasteiger partial charge in [0, 0.05) is 24.1 Å². The minimum atomic E-state index is -0.478. The lowest BCUT2D eigenvalue weighted by Gasteiger charge is -2.17. The summed E-state index contributed by atoms with van der Waals surface area (Å²) in [4.78, 5) is 23.4. The average Bonchev–Trinajstić information content (AvgIpc) is 2.34. The number of hydrogen-bond donors (Lipinski definition) is 3. The van der Waals surface area contributed by atoms with E-state index < -0.39 is 5.41 Å². The van der Waals surface area contributed by atoms with Crippen LogP contribution in [-0.2, 0) is 9.59 Å². The highest BCUT2D eigenvalue weighted by atomic mass is 35.5. The molecule has 0 saturated heterocycles. The number of nitrogens with two attached hydrogens (primary N) is 1. The highest BCUT2D eigenvalue weighted by Gasteiger charge is 2.20. The second-order valence-corrected chi connectivity index (χ2v) is 6.47. The Morgan fingerprint density at radius 2 is 1.71 bits per heavy atom. The first-order valence-corrected chi connectivity index (χ1v) is 7.19. The molecule has 0 aliphatic carbocycles. The third-order valence-electron chi connectivity index (χ3n) is 2.68. The molecule has 1 rings (SSSR count). The molecular formula is C14H19Cl2N3O2. The molecule has 0 radical (unpaired) electrons. The number of nitrogens with one attached hydrogen (secondary N) is 2. The zero-order chi connectivity index (χ0) is 16.2. The van der Waals surface area contributed by atoms with Crippen molar-refractivity contribution in [2.24, 2.45) is 5.41 Å². The van der Waals surface area contributed by atoms with E-state index >= 15 is 0 Å². The van der Waals surface area contributed by atoms with Crippen LogP contribution in [0.3, 0.4) is 0 Å². The van der Waals surface area contributed by atoms with Crippen molar-refractivity contribution in [1.82, 2.24) is 5.32 Å². The molecule has 0 atom stereocenters. The molecule has 4 N–H and O–H groups in total. The van der Waals surface area contributed by atoms with Gasteiger partial charge in [0.2, 0.25) is 11.8 Å². The third-order valence-corrected chi connectivity index (χ3v) is 3.31. The second-order valence-electron chi connectivity index (χ2n) is 5.66. The molecule has 0 bridgehead atoms. The molecule has 0 saturated carbocycles. The number of hydrogen-bond acceptors (Lipinski definition) is 3. The minimum Gasteiger partial charge on any atom is -0.396 e. The molecule has 0 aromatic heterocycles. The molecule has 21 heavy (non-hydrogen) atoms. The first kappa shape index (κ1) is 17.6. The molecule has 0 unspecified atom stereocenters. The molecule has 0 aliphatic heterocycles. The Kier molecular flexibility index (Phi) is 5.87. The van der Waals surface area contributed by atoms with Gasteiger partial charge >= 0.3 is 0 Å². The standard InChI is InChI=1S/C14H19Cl2N3O2/c1-14(2,3)13(21)18-5-4-11(20)19-8-6-9(15)12(17)10(16)7-8/h6-7H,4-5,17H2,1-3H3,(H,18,21)(H,19,20). The zero-order valence-corrected chi connectivity index (χ0v) is 13.7. The van der Waals surface area contributed by atoms with E-state index in [1.165, 1.54) is 12.1 Å². The SMILES string of the molecule is CC(C)(C)C(=O)NCCC(=O)Nc1cc(Cl)c(N)c(Cl)c1. The molecule has 7 heteroatoms. The van der Waals surface area contributed by atoms with Gasteiger partial charge in [-0.05, 0) is 12.1 Å². The molecule has 5 nitrogen and oxygen atoms in total. The van der Waals surface area contributed by atoms with Gasteiger partial charge in [0.25, 0.3) is 0 Å². The van der Waals surface area contributed by atoms with E-state index in [-0.39, 0.29) is 40.5 Å². The van der Waals surface area contributed by atoms with Gasteiger partial charge in [-0.3, -0.25) is 9.59 Å². The van der Waals surface area contributed by atoms with E-state index in [0.717, 1.165) is 0 Å². The van der Waals surface area contributed by atoms with Crippen molar-refractivity contribution < 1.29 is 9.59 Å². The largest absolute Gasteiger partial charge is 0.396 e. The third kappa shape index (κ3) is 5.44. The van der Waals surface area contributed by atoms with Crippen LogP contribution in [-0.4, -0.2) is 18.4 Å². The Hall–Kier alpha value is -1.46. The fraction of sp³-hybridized carbons (Fsp3) is 0.429. The van der Waals surface area contributed by atoms with Crippen LogP contribution in [0.1, 0.15) is 27.2 Å². The number of amides is 2. The highest BCUT2D eigenvalue weighted by molar-refractivity contribution is 6.39. The lowest BCUT2D eigenvalue weighted by Crippen LogP contribution is -2.36. The van der Waals surface area contributed by atoms with Crippen molar-refractivity contribution in [2.45, 2.75) is 27.2 Å². The predicted octanol–water partition coefficient (Wildman–Crippen LogP) is 3.07. The van der Waals surface area contributed by atoms with Crippen LogP contribution in [0, 0.1) is 5.41 Å². The smallest absolute Gasteiger partial charge is 0.226 e. The molecule has 116 valence electrons. The fourth-order valence-electron chi connectivity index (χ4n) is 1.43. The van der Waals surface area contributed by atoms with Gasteiger partial charge in [0.15, 0.2) is 0 Å². The van der Waals surface area contributed by atoms with E-state index in [4.69, 9.17) is 28.9 Å². The van der Waals surface area contributed by atoms with E-state index in [1.54, 1.807) is 20.8 Å². The summed E-state index contributed by atoms with van der Waals surface area (Å²) < 4.78 is 0. The van der Waals surface area contributed by atoms with E-state index in [9.17, 15) is 9.59 Å². The normalized spacial score (nSPS) is 11.1. The maximum absolute atomic E-state index is 11.8. The van der Waals surface area contributed by atoms with Gasteiger partial charge in [-0.15, -0.1) is 0 Å². The molecular weight excluding hydrogens is 313 g/mol. The van der Waals surface area contributed by atoms with Crippen LogP contribution in [0.2, 0.25) is 10.0 Å². The second kappa shape index (κ2) is 7.00. The quantitative estimate of drug-likeness (QED) is 0.741. The molecule has 2 amide bonds. The predicted molar refractivity (Wildman–Crippen MR) is 86.6 cm³/mol. The van der Waals surface area contributed by atoms with Crippen LogP contribution < -0.4 is 16.4 Å². The Morgan fingerprint density at radius 3 is 2.19 bits per heavy atom. The Labute approximate surface area is 134 Å². The summed E-state index contributed by atoms with van der Waals surface area (Å²) in [5, 5.41) is 5.90.